The molecule has 0 aliphatic carbocycles. The van der Waals surface area contributed by atoms with E-state index in [9.17, 15) is 0 Å². The Balaban J connectivity index is 1.90. The fourth-order valence-corrected chi connectivity index (χ4v) is 2.21. The minimum absolute atomic E-state index is 0.115. The molecule has 82 valence electrons. The molecule has 6 heteroatoms. The highest BCUT2D eigenvalue weighted by Gasteiger charge is 2.22. The molecular formula is C9H14N4OS. The van der Waals surface area contributed by atoms with E-state index in [2.05, 4.69) is 9.88 Å². The second-order valence-corrected chi connectivity index (χ2v) is 4.49. The maximum absolute atomic E-state index is 7.34. The van der Waals surface area contributed by atoms with Gasteiger partial charge in [-0.2, -0.15) is 0 Å². The van der Waals surface area contributed by atoms with Crippen molar-refractivity contribution in [2.45, 2.75) is 12.6 Å². The number of thiazole rings is 1. The first kappa shape index (κ1) is 10.5. The Morgan fingerprint density at radius 3 is 3.33 bits per heavy atom. The number of amidine groups is 1. The van der Waals surface area contributed by atoms with E-state index in [0.717, 1.165) is 13.1 Å². The average Bonchev–Trinajstić information content (AvgIpc) is 2.71. The van der Waals surface area contributed by atoms with Crippen LogP contribution in [0.5, 0.6) is 0 Å². The molecule has 0 amide bonds. The Morgan fingerprint density at radius 2 is 2.67 bits per heavy atom. The van der Waals surface area contributed by atoms with Crippen molar-refractivity contribution in [2.24, 2.45) is 5.73 Å². The van der Waals surface area contributed by atoms with Crippen molar-refractivity contribution >= 4 is 17.2 Å². The predicted octanol–water partition coefficient (Wildman–Crippen LogP) is 0.280. The van der Waals surface area contributed by atoms with Crippen LogP contribution >= 0.6 is 11.3 Å². The summed E-state index contributed by atoms with van der Waals surface area (Å²) in [6.07, 6.45) is 1.63. The molecule has 0 saturated carbocycles. The molecule has 0 spiro atoms. The first-order valence-electron chi connectivity index (χ1n) is 4.81. The summed E-state index contributed by atoms with van der Waals surface area (Å²) < 4.78 is 5.39. The number of morpholine rings is 1. The first-order valence-corrected chi connectivity index (χ1v) is 5.69. The van der Waals surface area contributed by atoms with Gasteiger partial charge in [-0.1, -0.05) is 0 Å². The Kier molecular flexibility index (Phi) is 3.30. The van der Waals surface area contributed by atoms with Crippen LogP contribution in [0.1, 0.15) is 4.88 Å². The van der Waals surface area contributed by atoms with Gasteiger partial charge in [0.1, 0.15) is 11.9 Å². The van der Waals surface area contributed by atoms with Gasteiger partial charge in [-0.05, 0) is 0 Å². The van der Waals surface area contributed by atoms with Gasteiger partial charge in [-0.3, -0.25) is 15.3 Å². The van der Waals surface area contributed by atoms with E-state index in [0.29, 0.717) is 13.2 Å². The fraction of sp³-hybridized carbons (Fsp3) is 0.556. The minimum Gasteiger partial charge on any atom is -0.385 e. The molecule has 1 aliphatic rings. The SMILES string of the molecule is N=C(N)C1CN(Cc2cncs2)CCO1. The van der Waals surface area contributed by atoms with Gasteiger partial charge in [0.25, 0.3) is 0 Å². The van der Waals surface area contributed by atoms with Crippen molar-refractivity contribution in [2.75, 3.05) is 19.7 Å². The minimum atomic E-state index is -0.244. The third kappa shape index (κ3) is 2.74. The lowest BCUT2D eigenvalue weighted by molar-refractivity contribution is 0.00271. The highest BCUT2D eigenvalue weighted by atomic mass is 32.1. The molecule has 15 heavy (non-hydrogen) atoms. The number of nitrogens with one attached hydrogen (secondary N) is 1. The smallest absolute Gasteiger partial charge is 0.127 e. The number of ether oxygens (including phenoxy) is 1. The molecule has 1 atom stereocenters. The van der Waals surface area contributed by atoms with Crippen molar-refractivity contribution in [3.63, 3.8) is 0 Å². The molecule has 3 N–H and O–H groups in total. The number of nitrogens with zero attached hydrogens (tertiary/aromatic N) is 2. The molecule has 0 aromatic carbocycles. The van der Waals surface area contributed by atoms with Crippen molar-refractivity contribution in [1.29, 1.82) is 5.41 Å². The van der Waals surface area contributed by atoms with E-state index in [1.807, 2.05) is 11.7 Å². The second kappa shape index (κ2) is 4.69. The molecule has 1 unspecified atom stereocenters. The van der Waals surface area contributed by atoms with Crippen LogP contribution in [0, 0.1) is 5.41 Å². The third-order valence-corrected chi connectivity index (χ3v) is 3.12. The molecule has 1 fully saturated rings. The Hall–Kier alpha value is -0.980. The highest BCUT2D eigenvalue weighted by molar-refractivity contribution is 7.09. The Morgan fingerprint density at radius 1 is 1.80 bits per heavy atom. The van der Waals surface area contributed by atoms with Crippen molar-refractivity contribution in [1.82, 2.24) is 9.88 Å². The lowest BCUT2D eigenvalue weighted by atomic mass is 10.2. The molecule has 1 saturated heterocycles. The van der Waals surface area contributed by atoms with Gasteiger partial charge >= 0.3 is 0 Å². The van der Waals surface area contributed by atoms with Crippen molar-refractivity contribution in [3.05, 3.63) is 16.6 Å². The number of hydrogen-bond donors (Lipinski definition) is 2. The molecule has 1 aromatic rings. The Bertz CT molecular complexity index is 327. The van der Waals surface area contributed by atoms with Crippen LogP contribution in [0.3, 0.4) is 0 Å². The summed E-state index contributed by atoms with van der Waals surface area (Å²) in [6.45, 7) is 3.11. The van der Waals surface area contributed by atoms with Crippen LogP contribution < -0.4 is 5.73 Å². The molecule has 1 aromatic heterocycles. The molecule has 2 heterocycles. The van der Waals surface area contributed by atoms with E-state index < -0.39 is 0 Å². The molecule has 2 rings (SSSR count). The van der Waals surface area contributed by atoms with Gasteiger partial charge in [-0.25, -0.2) is 0 Å². The summed E-state index contributed by atoms with van der Waals surface area (Å²) >= 11 is 1.65. The quantitative estimate of drug-likeness (QED) is 0.573. The summed E-state index contributed by atoms with van der Waals surface area (Å²) in [4.78, 5) is 7.51. The number of hydrogen-bond acceptors (Lipinski definition) is 5. The molecule has 1 aliphatic heterocycles. The van der Waals surface area contributed by atoms with E-state index in [1.54, 1.807) is 11.3 Å². The summed E-state index contributed by atoms with van der Waals surface area (Å²) in [7, 11) is 0. The van der Waals surface area contributed by atoms with Crippen LogP contribution in [0.25, 0.3) is 0 Å². The van der Waals surface area contributed by atoms with Crippen molar-refractivity contribution in [3.8, 4) is 0 Å². The van der Waals surface area contributed by atoms with Crippen LogP contribution in [0.2, 0.25) is 0 Å². The van der Waals surface area contributed by atoms with Crippen LogP contribution in [-0.4, -0.2) is 41.5 Å². The molecule has 0 radical (unpaired) electrons. The van der Waals surface area contributed by atoms with Gasteiger partial charge in [0, 0.05) is 30.7 Å². The topological polar surface area (TPSA) is 75.2 Å². The van der Waals surface area contributed by atoms with E-state index >= 15 is 0 Å². The summed E-state index contributed by atoms with van der Waals surface area (Å²) in [5.41, 5.74) is 7.26. The zero-order valence-corrected chi connectivity index (χ0v) is 9.17. The third-order valence-electron chi connectivity index (χ3n) is 2.36. The predicted molar refractivity (Wildman–Crippen MR) is 59.0 cm³/mol. The van der Waals surface area contributed by atoms with E-state index in [4.69, 9.17) is 15.9 Å². The van der Waals surface area contributed by atoms with E-state index in [-0.39, 0.29) is 11.9 Å². The number of rotatable bonds is 3. The zero-order valence-electron chi connectivity index (χ0n) is 8.35. The second-order valence-electron chi connectivity index (χ2n) is 3.52. The monoisotopic (exact) mass is 226 g/mol. The lowest BCUT2D eigenvalue weighted by Crippen LogP contribution is -2.47. The van der Waals surface area contributed by atoms with E-state index in [1.165, 1.54) is 4.88 Å². The summed E-state index contributed by atoms with van der Waals surface area (Å²) in [6, 6.07) is 0. The zero-order chi connectivity index (χ0) is 10.7. The maximum atomic E-state index is 7.34. The first-order chi connectivity index (χ1) is 7.25. The molecular weight excluding hydrogens is 212 g/mol. The van der Waals surface area contributed by atoms with Gasteiger partial charge in [0.2, 0.25) is 0 Å². The standard InChI is InChI=1S/C9H14N4OS/c10-9(11)8-5-13(1-2-14-8)4-7-3-12-6-15-7/h3,6,8H,1-2,4-5H2,(H3,10,11). The maximum Gasteiger partial charge on any atom is 0.127 e. The largest absolute Gasteiger partial charge is 0.385 e. The highest BCUT2D eigenvalue weighted by Crippen LogP contribution is 2.12. The van der Waals surface area contributed by atoms with Crippen LogP contribution in [0.15, 0.2) is 11.7 Å². The van der Waals surface area contributed by atoms with Crippen molar-refractivity contribution < 1.29 is 4.74 Å². The number of aromatic nitrogens is 1. The van der Waals surface area contributed by atoms with Gasteiger partial charge in [0.05, 0.1) is 12.1 Å². The molecule has 0 bridgehead atoms. The van der Waals surface area contributed by atoms with Crippen LogP contribution in [0.4, 0.5) is 0 Å². The van der Waals surface area contributed by atoms with Crippen LogP contribution in [-0.2, 0) is 11.3 Å². The lowest BCUT2D eigenvalue weighted by Gasteiger charge is -2.31. The average molecular weight is 226 g/mol. The summed E-state index contributed by atoms with van der Waals surface area (Å²) in [5.74, 6) is 0.115. The van der Waals surface area contributed by atoms with Gasteiger partial charge < -0.3 is 10.5 Å². The normalized spacial score (nSPS) is 22.8. The number of nitrogens with two attached hydrogens (primary N) is 1. The molecule has 5 nitrogen and oxygen atoms in total. The fourth-order valence-electron chi connectivity index (χ4n) is 1.57. The van der Waals surface area contributed by atoms with Gasteiger partial charge in [0.15, 0.2) is 0 Å². The van der Waals surface area contributed by atoms with Gasteiger partial charge in [-0.15, -0.1) is 11.3 Å². The summed E-state index contributed by atoms with van der Waals surface area (Å²) in [5, 5.41) is 7.34. The Labute approximate surface area is 92.4 Å².